The fourth-order valence-electron chi connectivity index (χ4n) is 4.05. The van der Waals surface area contributed by atoms with Gasteiger partial charge in [0.15, 0.2) is 5.96 Å². The molecule has 0 bridgehead atoms. The lowest BCUT2D eigenvalue weighted by atomic mass is 10.1. The third-order valence-electron chi connectivity index (χ3n) is 5.55. The molecule has 162 valence electrons. The largest absolute Gasteiger partial charge is 0.357 e. The summed E-state index contributed by atoms with van der Waals surface area (Å²) in [5, 5.41) is 6.86. The molecule has 0 aliphatic carbocycles. The molecule has 2 saturated heterocycles. The third kappa shape index (κ3) is 7.13. The number of rotatable bonds is 8. The molecule has 3 rings (SSSR count). The van der Waals surface area contributed by atoms with E-state index in [4.69, 9.17) is 4.99 Å². The summed E-state index contributed by atoms with van der Waals surface area (Å²) in [5.41, 5.74) is 2.15. The maximum atomic E-state index is 11.9. The van der Waals surface area contributed by atoms with Crippen LogP contribution in [0.25, 0.3) is 0 Å². The van der Waals surface area contributed by atoms with Crippen LogP contribution in [0, 0.1) is 5.92 Å². The first-order valence-electron chi connectivity index (χ1n) is 10.8. The van der Waals surface area contributed by atoms with Crippen molar-refractivity contribution in [3.8, 4) is 0 Å². The quantitative estimate of drug-likeness (QED) is 0.319. The van der Waals surface area contributed by atoms with Crippen molar-refractivity contribution in [1.82, 2.24) is 15.5 Å². The summed E-state index contributed by atoms with van der Waals surface area (Å²) in [7, 11) is 0. The van der Waals surface area contributed by atoms with Gasteiger partial charge < -0.3 is 20.4 Å². The van der Waals surface area contributed by atoms with E-state index in [-0.39, 0.29) is 29.9 Å². The van der Waals surface area contributed by atoms with Crippen LogP contribution in [0.4, 0.5) is 5.69 Å². The SMILES string of the molecule is CCCN1CCC(CNC(=NCc2ccc(N3CCCC3=O)cc2)NCC)C1.I. The smallest absolute Gasteiger partial charge is 0.227 e. The molecule has 2 aliphatic rings. The molecule has 6 nitrogen and oxygen atoms in total. The Balaban J connectivity index is 0.00000300. The number of anilines is 1. The Morgan fingerprint density at radius 1 is 1.17 bits per heavy atom. The van der Waals surface area contributed by atoms with E-state index >= 15 is 0 Å². The van der Waals surface area contributed by atoms with Gasteiger partial charge in [0.2, 0.25) is 5.91 Å². The summed E-state index contributed by atoms with van der Waals surface area (Å²) in [6.07, 6.45) is 4.12. The van der Waals surface area contributed by atoms with Crippen molar-refractivity contribution < 1.29 is 4.79 Å². The number of carbonyl (C=O) groups is 1. The Hall–Kier alpha value is -1.35. The maximum Gasteiger partial charge on any atom is 0.227 e. The molecular weight excluding hydrogens is 477 g/mol. The standard InChI is InChI=1S/C22H35N5O.HI/c1-3-12-26-14-11-19(17-26)16-25-22(23-4-2)24-15-18-7-9-20(10-8-18)27-13-5-6-21(27)28;/h7-10,19H,3-6,11-17H2,1-2H3,(H2,23,24,25);1H. The van der Waals surface area contributed by atoms with Gasteiger partial charge in [-0.05, 0) is 62.9 Å². The number of benzene rings is 1. The second-order valence-electron chi connectivity index (χ2n) is 7.85. The number of aliphatic imine (C=N–C) groups is 1. The number of nitrogens with zero attached hydrogens (tertiary/aromatic N) is 3. The highest BCUT2D eigenvalue weighted by Crippen LogP contribution is 2.21. The van der Waals surface area contributed by atoms with Gasteiger partial charge in [-0.15, -0.1) is 24.0 Å². The van der Waals surface area contributed by atoms with Crippen LogP contribution in [0.15, 0.2) is 29.3 Å². The van der Waals surface area contributed by atoms with Crippen LogP contribution >= 0.6 is 24.0 Å². The molecule has 29 heavy (non-hydrogen) atoms. The Labute approximate surface area is 192 Å². The first kappa shape index (κ1) is 23.9. The zero-order valence-electron chi connectivity index (χ0n) is 17.8. The van der Waals surface area contributed by atoms with E-state index in [0.717, 1.165) is 43.3 Å². The molecule has 7 heteroatoms. The predicted molar refractivity (Wildman–Crippen MR) is 131 cm³/mol. The van der Waals surface area contributed by atoms with Crippen molar-refractivity contribution in [3.05, 3.63) is 29.8 Å². The second kappa shape index (κ2) is 12.4. The molecule has 1 atom stereocenters. The van der Waals surface area contributed by atoms with Gasteiger partial charge in [-0.1, -0.05) is 19.1 Å². The van der Waals surface area contributed by atoms with E-state index in [0.29, 0.717) is 18.9 Å². The number of nitrogens with one attached hydrogen (secondary N) is 2. The lowest BCUT2D eigenvalue weighted by molar-refractivity contribution is -0.117. The highest BCUT2D eigenvalue weighted by atomic mass is 127. The van der Waals surface area contributed by atoms with E-state index in [2.05, 4.69) is 41.5 Å². The highest BCUT2D eigenvalue weighted by molar-refractivity contribution is 14.0. The molecule has 1 amide bonds. The molecule has 0 saturated carbocycles. The van der Waals surface area contributed by atoms with Gasteiger partial charge in [0.25, 0.3) is 0 Å². The molecule has 0 radical (unpaired) electrons. The summed E-state index contributed by atoms with van der Waals surface area (Å²) < 4.78 is 0. The summed E-state index contributed by atoms with van der Waals surface area (Å²) in [6, 6.07) is 8.23. The molecule has 1 aromatic carbocycles. The Kier molecular flexibility index (Phi) is 10.2. The van der Waals surface area contributed by atoms with Gasteiger partial charge in [-0.25, -0.2) is 4.99 Å². The first-order valence-corrected chi connectivity index (χ1v) is 10.8. The average molecular weight is 513 g/mol. The van der Waals surface area contributed by atoms with Crippen molar-refractivity contribution in [2.45, 2.75) is 46.1 Å². The molecule has 2 heterocycles. The summed E-state index contributed by atoms with van der Waals surface area (Å²) in [5.74, 6) is 1.82. The van der Waals surface area contributed by atoms with Gasteiger partial charge in [-0.3, -0.25) is 4.79 Å². The van der Waals surface area contributed by atoms with Crippen LogP contribution in [-0.2, 0) is 11.3 Å². The minimum Gasteiger partial charge on any atom is -0.357 e. The van der Waals surface area contributed by atoms with Gasteiger partial charge in [0.05, 0.1) is 6.54 Å². The lowest BCUT2D eigenvalue weighted by Crippen LogP contribution is -2.40. The number of guanidine groups is 1. The Bertz CT molecular complexity index is 664. The molecule has 1 unspecified atom stereocenters. The van der Waals surface area contributed by atoms with Crippen molar-refractivity contribution >= 4 is 41.5 Å². The van der Waals surface area contributed by atoms with Gasteiger partial charge in [-0.2, -0.15) is 0 Å². The second-order valence-corrected chi connectivity index (χ2v) is 7.85. The Morgan fingerprint density at radius 3 is 2.62 bits per heavy atom. The molecule has 0 spiro atoms. The van der Waals surface area contributed by atoms with Gasteiger partial charge >= 0.3 is 0 Å². The van der Waals surface area contributed by atoms with Crippen molar-refractivity contribution in [1.29, 1.82) is 0 Å². The van der Waals surface area contributed by atoms with Crippen LogP contribution in [0.2, 0.25) is 0 Å². The van der Waals surface area contributed by atoms with Crippen molar-refractivity contribution in [3.63, 3.8) is 0 Å². The van der Waals surface area contributed by atoms with E-state index in [1.54, 1.807) is 0 Å². The average Bonchev–Trinajstić information content (AvgIpc) is 3.33. The topological polar surface area (TPSA) is 60.0 Å². The zero-order valence-corrected chi connectivity index (χ0v) is 20.2. The minimum atomic E-state index is 0. The van der Waals surface area contributed by atoms with Crippen LogP contribution in [0.3, 0.4) is 0 Å². The fourth-order valence-corrected chi connectivity index (χ4v) is 4.05. The number of likely N-dealkylation sites (tertiary alicyclic amines) is 1. The summed E-state index contributed by atoms with van der Waals surface area (Å²) in [4.78, 5) is 21.0. The third-order valence-corrected chi connectivity index (χ3v) is 5.55. The first-order chi connectivity index (χ1) is 13.7. The molecule has 2 N–H and O–H groups in total. The number of hydrogen-bond acceptors (Lipinski definition) is 3. The number of halogens is 1. The fraction of sp³-hybridized carbons (Fsp3) is 0.636. The van der Waals surface area contributed by atoms with Crippen LogP contribution in [0.5, 0.6) is 0 Å². The van der Waals surface area contributed by atoms with Crippen molar-refractivity contribution in [2.24, 2.45) is 10.9 Å². The van der Waals surface area contributed by atoms with Crippen LogP contribution in [0.1, 0.15) is 45.1 Å². The number of hydrogen-bond donors (Lipinski definition) is 2. The van der Waals surface area contributed by atoms with Crippen LogP contribution in [-0.4, -0.2) is 56.0 Å². The lowest BCUT2D eigenvalue weighted by Gasteiger charge is -2.17. The molecule has 1 aromatic rings. The summed E-state index contributed by atoms with van der Waals surface area (Å²) in [6.45, 7) is 11.3. The van der Waals surface area contributed by atoms with E-state index in [9.17, 15) is 4.79 Å². The highest BCUT2D eigenvalue weighted by Gasteiger charge is 2.22. The van der Waals surface area contributed by atoms with Gasteiger partial charge in [0, 0.05) is 38.3 Å². The van der Waals surface area contributed by atoms with Gasteiger partial charge in [0.1, 0.15) is 0 Å². The Morgan fingerprint density at radius 2 is 1.97 bits per heavy atom. The zero-order chi connectivity index (χ0) is 19.8. The van der Waals surface area contributed by atoms with E-state index < -0.39 is 0 Å². The molecule has 0 aromatic heterocycles. The molecule has 2 fully saturated rings. The number of carbonyl (C=O) groups excluding carboxylic acids is 1. The number of amides is 1. The minimum absolute atomic E-state index is 0. The van der Waals surface area contributed by atoms with Crippen LogP contribution < -0.4 is 15.5 Å². The van der Waals surface area contributed by atoms with E-state index in [1.165, 1.54) is 32.5 Å². The predicted octanol–water partition coefficient (Wildman–Crippen LogP) is 3.22. The summed E-state index contributed by atoms with van der Waals surface area (Å²) >= 11 is 0. The molecular formula is C22H36IN5O. The van der Waals surface area contributed by atoms with Crippen molar-refractivity contribution in [2.75, 3.05) is 44.2 Å². The normalized spacial score (nSPS) is 20.1. The monoisotopic (exact) mass is 513 g/mol. The molecule has 2 aliphatic heterocycles. The van der Waals surface area contributed by atoms with E-state index in [1.807, 2.05) is 17.0 Å². The maximum absolute atomic E-state index is 11.9.